The number of rotatable bonds is 4. The highest BCUT2D eigenvalue weighted by Crippen LogP contribution is 2.45. The van der Waals surface area contributed by atoms with Crippen molar-refractivity contribution in [2.75, 3.05) is 4.90 Å². The first-order valence-electron chi connectivity index (χ1n) is 10.8. The predicted molar refractivity (Wildman–Crippen MR) is 124 cm³/mol. The van der Waals surface area contributed by atoms with Gasteiger partial charge in [0.2, 0.25) is 5.91 Å². The summed E-state index contributed by atoms with van der Waals surface area (Å²) < 4.78 is 5.58. The number of pyridine rings is 1. The Hall–Kier alpha value is -3.81. The van der Waals surface area contributed by atoms with Crippen molar-refractivity contribution in [2.45, 2.75) is 45.1 Å². The van der Waals surface area contributed by atoms with Gasteiger partial charge in [-0.1, -0.05) is 30.3 Å². The summed E-state index contributed by atoms with van der Waals surface area (Å²) in [6.45, 7) is 5.22. The van der Waals surface area contributed by atoms with E-state index in [4.69, 9.17) is 4.74 Å². The van der Waals surface area contributed by atoms with Crippen molar-refractivity contribution in [1.82, 2.24) is 4.98 Å². The molecule has 1 fully saturated rings. The molecule has 0 N–H and O–H groups in total. The number of anilines is 1. The lowest BCUT2D eigenvalue weighted by Crippen LogP contribution is -2.47. The van der Waals surface area contributed by atoms with Crippen LogP contribution in [0.5, 0.6) is 0 Å². The third kappa shape index (κ3) is 4.55. The van der Waals surface area contributed by atoms with E-state index in [1.54, 1.807) is 57.3 Å². The number of amides is 2. The molecular weight excluding hydrogens is 422 g/mol. The molecule has 0 spiro atoms. The molecule has 3 aromatic rings. The minimum atomic E-state index is -0.799. The van der Waals surface area contributed by atoms with Crippen LogP contribution in [0, 0.1) is 16.0 Å². The number of nitro groups is 1. The Morgan fingerprint density at radius 2 is 1.82 bits per heavy atom. The van der Waals surface area contributed by atoms with Gasteiger partial charge >= 0.3 is 6.09 Å². The number of non-ortho nitro benzene ring substituents is 1. The number of hydrogen-bond acceptors (Lipinski definition) is 6. The van der Waals surface area contributed by atoms with Crippen molar-refractivity contribution in [3.8, 4) is 0 Å². The summed E-state index contributed by atoms with van der Waals surface area (Å²) in [4.78, 5) is 43.2. The smallest absolute Gasteiger partial charge is 0.421 e. The lowest BCUT2D eigenvalue weighted by Gasteiger charge is -2.38. The molecule has 8 heteroatoms. The van der Waals surface area contributed by atoms with Crippen LogP contribution in [0.1, 0.15) is 45.1 Å². The third-order valence-electron chi connectivity index (χ3n) is 5.75. The molecular formula is C25H25N3O5. The van der Waals surface area contributed by atoms with Gasteiger partial charge in [0.15, 0.2) is 0 Å². The summed E-state index contributed by atoms with van der Waals surface area (Å²) >= 11 is 0. The number of imide groups is 1. The van der Waals surface area contributed by atoms with Crippen molar-refractivity contribution < 1.29 is 19.2 Å². The Balaban J connectivity index is 1.73. The summed E-state index contributed by atoms with van der Waals surface area (Å²) in [6.07, 6.45) is 2.12. The molecule has 1 heterocycles. The monoisotopic (exact) mass is 447 g/mol. The molecule has 0 bridgehead atoms. The van der Waals surface area contributed by atoms with Crippen LogP contribution in [0.25, 0.3) is 10.9 Å². The SMILES string of the molecule is CC(C)(C)OC(=O)N(C(=O)[C@@H]1CC[C@@H]1c1cccc([N+](=O)[O-])c1)c1cccc2cccnc12. The van der Waals surface area contributed by atoms with Gasteiger partial charge in [-0.3, -0.25) is 19.9 Å². The number of benzene rings is 2. The summed E-state index contributed by atoms with van der Waals surface area (Å²) in [5, 5.41) is 12.0. The third-order valence-corrected chi connectivity index (χ3v) is 5.75. The Bertz CT molecular complexity index is 1230. The van der Waals surface area contributed by atoms with Crippen molar-refractivity contribution >= 4 is 34.3 Å². The van der Waals surface area contributed by atoms with Gasteiger partial charge in [-0.2, -0.15) is 0 Å². The van der Waals surface area contributed by atoms with Gasteiger partial charge in [-0.05, 0) is 57.2 Å². The minimum absolute atomic E-state index is 0.0205. The van der Waals surface area contributed by atoms with Crippen LogP contribution >= 0.6 is 0 Å². The highest BCUT2D eigenvalue weighted by molar-refractivity contribution is 6.17. The van der Waals surface area contributed by atoms with E-state index in [9.17, 15) is 19.7 Å². The summed E-state index contributed by atoms with van der Waals surface area (Å²) in [6, 6.07) is 15.3. The maximum absolute atomic E-state index is 13.8. The van der Waals surface area contributed by atoms with E-state index < -0.39 is 28.4 Å². The molecule has 0 radical (unpaired) electrons. The molecule has 1 saturated carbocycles. The summed E-state index contributed by atoms with van der Waals surface area (Å²) in [5.41, 5.74) is 0.775. The first-order valence-corrected chi connectivity index (χ1v) is 10.8. The van der Waals surface area contributed by atoms with Crippen LogP contribution in [-0.2, 0) is 9.53 Å². The van der Waals surface area contributed by atoms with Crippen molar-refractivity contribution in [3.63, 3.8) is 0 Å². The molecule has 1 aliphatic carbocycles. The fraction of sp³-hybridized carbons (Fsp3) is 0.320. The molecule has 4 rings (SSSR count). The molecule has 8 nitrogen and oxygen atoms in total. The van der Waals surface area contributed by atoms with Crippen molar-refractivity contribution in [3.05, 3.63) is 76.5 Å². The number of carbonyl (C=O) groups is 2. The Morgan fingerprint density at radius 3 is 2.48 bits per heavy atom. The molecule has 1 aliphatic rings. The van der Waals surface area contributed by atoms with Gasteiger partial charge in [-0.25, -0.2) is 9.69 Å². The van der Waals surface area contributed by atoms with E-state index in [2.05, 4.69) is 4.98 Å². The second-order valence-electron chi connectivity index (χ2n) is 9.15. The van der Waals surface area contributed by atoms with Crippen LogP contribution in [0.15, 0.2) is 60.8 Å². The molecule has 0 aliphatic heterocycles. The fourth-order valence-electron chi connectivity index (χ4n) is 4.11. The number of fused-ring (bicyclic) bond motifs is 1. The molecule has 0 saturated heterocycles. The molecule has 2 amide bonds. The largest absolute Gasteiger partial charge is 0.443 e. The second-order valence-corrected chi connectivity index (χ2v) is 9.15. The zero-order valence-corrected chi connectivity index (χ0v) is 18.7. The number of hydrogen-bond donors (Lipinski definition) is 0. The van der Waals surface area contributed by atoms with Crippen LogP contribution in [-0.4, -0.2) is 27.5 Å². The highest BCUT2D eigenvalue weighted by Gasteiger charge is 2.43. The quantitative estimate of drug-likeness (QED) is 0.381. The van der Waals surface area contributed by atoms with E-state index in [1.807, 2.05) is 12.1 Å². The normalized spacial score (nSPS) is 17.8. The van der Waals surface area contributed by atoms with E-state index in [1.165, 1.54) is 12.1 Å². The first kappa shape index (κ1) is 22.4. The first-order chi connectivity index (χ1) is 15.7. The predicted octanol–water partition coefficient (Wildman–Crippen LogP) is 5.60. The summed E-state index contributed by atoms with van der Waals surface area (Å²) in [5.74, 6) is -1.12. The molecule has 1 aromatic heterocycles. The van der Waals surface area contributed by atoms with E-state index >= 15 is 0 Å². The standard InChI is InChI=1S/C25H25N3O5/c1-25(2,3)33-24(30)27(21-11-5-7-16-9-6-14-26-22(16)21)23(29)20-13-12-19(20)17-8-4-10-18(15-17)28(31)32/h4-11,14-15,19-20H,12-13H2,1-3H3/t19-,20-/m1/s1. The van der Waals surface area contributed by atoms with Gasteiger partial charge in [-0.15, -0.1) is 0 Å². The van der Waals surface area contributed by atoms with Crippen molar-refractivity contribution in [2.24, 2.45) is 5.92 Å². The maximum Gasteiger partial charge on any atom is 0.421 e. The molecule has 2 aromatic carbocycles. The second kappa shape index (κ2) is 8.61. The Labute approximate surface area is 191 Å². The van der Waals surface area contributed by atoms with Crippen LogP contribution in [0.2, 0.25) is 0 Å². The molecule has 2 atom stereocenters. The zero-order chi connectivity index (χ0) is 23.8. The average molecular weight is 447 g/mol. The van der Waals surface area contributed by atoms with Crippen molar-refractivity contribution in [1.29, 1.82) is 0 Å². The number of para-hydroxylation sites is 1. The number of nitro benzene ring substituents is 1. The van der Waals surface area contributed by atoms with Crippen LogP contribution < -0.4 is 4.90 Å². The Morgan fingerprint density at radius 1 is 1.09 bits per heavy atom. The number of carbonyl (C=O) groups excluding carboxylic acids is 2. The van der Waals surface area contributed by atoms with E-state index in [0.29, 0.717) is 29.6 Å². The van der Waals surface area contributed by atoms with Crippen LogP contribution in [0.4, 0.5) is 16.2 Å². The minimum Gasteiger partial charge on any atom is -0.443 e. The lowest BCUT2D eigenvalue weighted by molar-refractivity contribution is -0.385. The topological polar surface area (TPSA) is 103 Å². The summed E-state index contributed by atoms with van der Waals surface area (Å²) in [7, 11) is 0. The number of ether oxygens (including phenoxy) is 1. The van der Waals surface area contributed by atoms with Gasteiger partial charge in [0.1, 0.15) is 5.60 Å². The average Bonchev–Trinajstić information content (AvgIpc) is 2.72. The van der Waals surface area contributed by atoms with Gasteiger partial charge in [0, 0.05) is 29.6 Å². The van der Waals surface area contributed by atoms with E-state index in [-0.39, 0.29) is 11.6 Å². The molecule has 33 heavy (non-hydrogen) atoms. The maximum atomic E-state index is 13.8. The van der Waals surface area contributed by atoms with Gasteiger partial charge in [0.25, 0.3) is 5.69 Å². The van der Waals surface area contributed by atoms with Gasteiger partial charge in [0.05, 0.1) is 16.1 Å². The Kier molecular flexibility index (Phi) is 5.84. The zero-order valence-electron chi connectivity index (χ0n) is 18.7. The highest BCUT2D eigenvalue weighted by atomic mass is 16.6. The fourth-order valence-corrected chi connectivity index (χ4v) is 4.11. The van der Waals surface area contributed by atoms with Crippen LogP contribution in [0.3, 0.4) is 0 Å². The number of aromatic nitrogens is 1. The molecule has 170 valence electrons. The van der Waals surface area contributed by atoms with Gasteiger partial charge < -0.3 is 4.74 Å². The number of nitrogens with zero attached hydrogens (tertiary/aromatic N) is 3. The van der Waals surface area contributed by atoms with E-state index in [0.717, 1.165) is 10.3 Å². The lowest BCUT2D eigenvalue weighted by atomic mass is 9.69. The molecule has 0 unspecified atom stereocenters.